The third-order valence-electron chi connectivity index (χ3n) is 6.09. The summed E-state index contributed by atoms with van der Waals surface area (Å²) in [5.74, 6) is 1.27. The summed E-state index contributed by atoms with van der Waals surface area (Å²) in [5.41, 5.74) is 3.26. The molecule has 172 valence electrons. The number of nitrogens with zero attached hydrogens (tertiary/aromatic N) is 1. The molecule has 1 atom stereocenters. The van der Waals surface area contributed by atoms with Crippen molar-refractivity contribution in [2.75, 3.05) is 25.0 Å². The third kappa shape index (κ3) is 6.12. The van der Waals surface area contributed by atoms with Gasteiger partial charge in [0.2, 0.25) is 11.8 Å². The Labute approximate surface area is 192 Å². The van der Waals surface area contributed by atoms with E-state index in [1.165, 1.54) is 0 Å². The summed E-state index contributed by atoms with van der Waals surface area (Å²) >= 11 is 0. The van der Waals surface area contributed by atoms with Crippen molar-refractivity contribution in [1.29, 1.82) is 0 Å². The van der Waals surface area contributed by atoms with E-state index in [4.69, 9.17) is 4.74 Å². The fourth-order valence-corrected chi connectivity index (χ4v) is 4.27. The Morgan fingerprint density at radius 1 is 1.00 bits per heavy atom. The fraction of sp³-hybridized carbons (Fsp3) is 0.481. The van der Waals surface area contributed by atoms with Crippen LogP contribution in [0.1, 0.15) is 69.9 Å². The quantitative estimate of drug-likeness (QED) is 0.588. The van der Waals surface area contributed by atoms with Gasteiger partial charge >= 0.3 is 0 Å². The van der Waals surface area contributed by atoms with Crippen molar-refractivity contribution in [3.63, 3.8) is 0 Å². The third-order valence-corrected chi connectivity index (χ3v) is 6.09. The monoisotopic (exact) mass is 436 g/mol. The lowest BCUT2D eigenvalue weighted by atomic mass is 9.91. The molecule has 1 aliphatic rings. The molecule has 1 heterocycles. The van der Waals surface area contributed by atoms with E-state index in [0.717, 1.165) is 35.4 Å². The Morgan fingerprint density at radius 3 is 2.28 bits per heavy atom. The van der Waals surface area contributed by atoms with Gasteiger partial charge in [0.15, 0.2) is 0 Å². The summed E-state index contributed by atoms with van der Waals surface area (Å²) in [5, 5.41) is 3.23. The second-order valence-electron chi connectivity index (χ2n) is 9.20. The lowest BCUT2D eigenvalue weighted by molar-refractivity contribution is -0.135. The first kappa shape index (κ1) is 23.8. The van der Waals surface area contributed by atoms with Gasteiger partial charge in [-0.3, -0.25) is 9.59 Å². The molecule has 3 rings (SSSR count). The van der Waals surface area contributed by atoms with Crippen molar-refractivity contribution in [3.8, 4) is 5.75 Å². The lowest BCUT2D eigenvalue weighted by Crippen LogP contribution is -2.44. The lowest BCUT2D eigenvalue weighted by Gasteiger charge is -2.32. The van der Waals surface area contributed by atoms with E-state index in [0.29, 0.717) is 38.0 Å². The Kier molecular flexibility index (Phi) is 8.32. The average Bonchev–Trinajstić information content (AvgIpc) is 2.79. The smallest absolute Gasteiger partial charge is 0.229 e. The van der Waals surface area contributed by atoms with Gasteiger partial charge in [0.1, 0.15) is 5.75 Å². The molecule has 0 aromatic heterocycles. The first-order chi connectivity index (χ1) is 15.4. The topological polar surface area (TPSA) is 58.6 Å². The number of likely N-dealkylation sites (tertiary alicyclic amines) is 1. The number of piperidine rings is 1. The number of nitrogens with one attached hydrogen (secondary N) is 1. The molecule has 1 unspecified atom stereocenters. The highest BCUT2D eigenvalue weighted by Gasteiger charge is 2.29. The molecular formula is C27H36N2O3. The van der Waals surface area contributed by atoms with Crippen molar-refractivity contribution in [2.45, 2.75) is 58.8 Å². The van der Waals surface area contributed by atoms with Gasteiger partial charge in [-0.1, -0.05) is 64.1 Å². The molecule has 1 saturated heterocycles. The minimum Gasteiger partial charge on any atom is -0.493 e. The zero-order valence-electron chi connectivity index (χ0n) is 19.8. The highest BCUT2D eigenvalue weighted by atomic mass is 16.5. The van der Waals surface area contributed by atoms with E-state index in [-0.39, 0.29) is 17.7 Å². The van der Waals surface area contributed by atoms with Crippen molar-refractivity contribution in [3.05, 3.63) is 59.7 Å². The zero-order valence-corrected chi connectivity index (χ0v) is 19.8. The van der Waals surface area contributed by atoms with E-state index in [9.17, 15) is 9.59 Å². The molecule has 1 fully saturated rings. The number of benzene rings is 2. The second-order valence-corrected chi connectivity index (χ2v) is 9.20. The van der Waals surface area contributed by atoms with Gasteiger partial charge in [-0.05, 0) is 47.9 Å². The van der Waals surface area contributed by atoms with E-state index in [1.807, 2.05) is 35.2 Å². The Morgan fingerprint density at radius 2 is 1.66 bits per heavy atom. The van der Waals surface area contributed by atoms with E-state index < -0.39 is 0 Å². The van der Waals surface area contributed by atoms with Gasteiger partial charge in [0.05, 0.1) is 18.9 Å². The second kappa shape index (κ2) is 11.2. The Bertz CT molecular complexity index is 882. The molecule has 5 heteroatoms. The number of para-hydroxylation sites is 2. The predicted molar refractivity (Wildman–Crippen MR) is 129 cm³/mol. The zero-order chi connectivity index (χ0) is 23.1. The van der Waals surface area contributed by atoms with Crippen LogP contribution in [0.15, 0.2) is 48.5 Å². The number of hydrogen-bond acceptors (Lipinski definition) is 3. The minimum atomic E-state index is -0.192. The van der Waals surface area contributed by atoms with Crippen LogP contribution in [-0.2, 0) is 9.59 Å². The normalized spacial score (nSPS) is 16.3. The van der Waals surface area contributed by atoms with Crippen molar-refractivity contribution in [2.24, 2.45) is 5.92 Å². The molecule has 2 aromatic carbocycles. The first-order valence-corrected chi connectivity index (χ1v) is 11.8. The van der Waals surface area contributed by atoms with Crippen LogP contribution in [0.4, 0.5) is 5.69 Å². The Hall–Kier alpha value is -2.82. The molecule has 2 aromatic rings. The van der Waals surface area contributed by atoms with Gasteiger partial charge in [0.25, 0.3) is 0 Å². The highest BCUT2D eigenvalue weighted by Crippen LogP contribution is 2.33. The molecule has 1 aliphatic heterocycles. The van der Waals surface area contributed by atoms with Gasteiger partial charge in [-0.15, -0.1) is 0 Å². The van der Waals surface area contributed by atoms with E-state index >= 15 is 0 Å². The molecule has 0 aliphatic carbocycles. The van der Waals surface area contributed by atoms with Crippen LogP contribution in [0, 0.1) is 5.92 Å². The van der Waals surface area contributed by atoms with Crippen LogP contribution in [0.2, 0.25) is 0 Å². The highest BCUT2D eigenvalue weighted by molar-refractivity contribution is 5.95. The SMILES string of the molecule is CC(C)c1cccc(C(C)C)c1NC(=O)C1CCCN(C(=O)CCOc2ccccc2)C1. The van der Waals surface area contributed by atoms with Crippen LogP contribution < -0.4 is 10.1 Å². The van der Waals surface area contributed by atoms with E-state index in [1.54, 1.807) is 0 Å². The maximum Gasteiger partial charge on any atom is 0.229 e. The predicted octanol–water partition coefficient (Wildman–Crippen LogP) is 5.58. The summed E-state index contributed by atoms with van der Waals surface area (Å²) in [7, 11) is 0. The van der Waals surface area contributed by atoms with Crippen molar-refractivity contribution >= 4 is 17.5 Å². The van der Waals surface area contributed by atoms with Crippen LogP contribution in [0.5, 0.6) is 5.75 Å². The molecule has 0 saturated carbocycles. The van der Waals surface area contributed by atoms with Crippen LogP contribution in [-0.4, -0.2) is 36.4 Å². The fourth-order valence-electron chi connectivity index (χ4n) is 4.27. The number of rotatable bonds is 8. The van der Waals surface area contributed by atoms with Crippen LogP contribution in [0.3, 0.4) is 0 Å². The molecule has 0 radical (unpaired) electrons. The Balaban J connectivity index is 1.60. The number of ether oxygens (including phenoxy) is 1. The summed E-state index contributed by atoms with van der Waals surface area (Å²) in [6, 6.07) is 15.8. The molecule has 0 bridgehead atoms. The first-order valence-electron chi connectivity index (χ1n) is 11.8. The summed E-state index contributed by atoms with van der Waals surface area (Å²) < 4.78 is 5.67. The minimum absolute atomic E-state index is 0.0121. The van der Waals surface area contributed by atoms with Gasteiger partial charge < -0.3 is 15.0 Å². The number of carbonyl (C=O) groups is 2. The molecule has 5 nitrogen and oxygen atoms in total. The molecule has 32 heavy (non-hydrogen) atoms. The van der Waals surface area contributed by atoms with Crippen molar-refractivity contribution < 1.29 is 14.3 Å². The average molecular weight is 437 g/mol. The van der Waals surface area contributed by atoms with Crippen molar-refractivity contribution in [1.82, 2.24) is 4.90 Å². The number of amides is 2. The van der Waals surface area contributed by atoms with Crippen LogP contribution >= 0.6 is 0 Å². The molecule has 0 spiro atoms. The van der Waals surface area contributed by atoms with Gasteiger partial charge in [0, 0.05) is 18.8 Å². The van der Waals surface area contributed by atoms with Crippen LogP contribution in [0.25, 0.3) is 0 Å². The van der Waals surface area contributed by atoms with Gasteiger partial charge in [-0.25, -0.2) is 0 Å². The largest absolute Gasteiger partial charge is 0.493 e. The van der Waals surface area contributed by atoms with E-state index in [2.05, 4.69) is 51.2 Å². The molecule has 1 N–H and O–H groups in total. The number of anilines is 1. The maximum absolute atomic E-state index is 13.2. The number of hydrogen-bond donors (Lipinski definition) is 1. The number of carbonyl (C=O) groups excluding carboxylic acids is 2. The molecule has 2 amide bonds. The summed E-state index contributed by atoms with van der Waals surface area (Å²) in [4.78, 5) is 27.7. The molecular weight excluding hydrogens is 400 g/mol. The summed E-state index contributed by atoms with van der Waals surface area (Å²) in [6.45, 7) is 10.1. The van der Waals surface area contributed by atoms with Gasteiger partial charge in [-0.2, -0.15) is 0 Å². The summed E-state index contributed by atoms with van der Waals surface area (Å²) in [6.07, 6.45) is 1.96. The standard InChI is InChI=1S/C27H36N2O3/c1-19(2)23-13-8-14-24(20(3)4)26(23)28-27(31)21-10-9-16-29(18-21)25(30)15-17-32-22-11-6-5-7-12-22/h5-8,11-14,19-21H,9-10,15-18H2,1-4H3,(H,28,31). The maximum atomic E-state index is 13.2.